The van der Waals surface area contributed by atoms with E-state index in [1.54, 1.807) is 12.1 Å². The summed E-state index contributed by atoms with van der Waals surface area (Å²) >= 11 is 2.94. The van der Waals surface area contributed by atoms with Gasteiger partial charge in [0.2, 0.25) is 5.91 Å². The normalized spacial score (nSPS) is 12.2. The predicted molar refractivity (Wildman–Crippen MR) is 145 cm³/mol. The smallest absolute Gasteiger partial charge is 0.255 e. The predicted octanol–water partition coefficient (Wildman–Crippen LogP) is 6.53. The van der Waals surface area contributed by atoms with Gasteiger partial charge in [-0.25, -0.2) is 4.98 Å². The molecule has 0 bridgehead atoms. The zero-order valence-electron chi connectivity index (χ0n) is 18.7. The van der Waals surface area contributed by atoms with Crippen molar-refractivity contribution in [2.24, 2.45) is 0 Å². The van der Waals surface area contributed by atoms with Gasteiger partial charge in [0.15, 0.2) is 4.34 Å². The molecule has 35 heavy (non-hydrogen) atoms. The fourth-order valence-corrected chi connectivity index (χ4v) is 6.41. The lowest BCUT2D eigenvalue weighted by Gasteiger charge is -2.10. The Bertz CT molecular complexity index is 1580. The van der Waals surface area contributed by atoms with Crippen molar-refractivity contribution in [3.63, 3.8) is 0 Å². The van der Waals surface area contributed by atoms with E-state index in [0.717, 1.165) is 44.2 Å². The lowest BCUT2D eigenvalue weighted by molar-refractivity contribution is -0.113. The van der Waals surface area contributed by atoms with Crippen LogP contribution in [0.5, 0.6) is 0 Å². The summed E-state index contributed by atoms with van der Waals surface area (Å²) in [6, 6.07) is 25.2. The van der Waals surface area contributed by atoms with Gasteiger partial charge in [-0.2, -0.15) is 0 Å². The average molecular weight is 496 g/mol. The SMILES string of the molecule is O=C(CSc1nc2ccc(NC(=O)c3ccccc3)cc2s1)Nc1ccc2c3c(cccc13)CC2. The van der Waals surface area contributed by atoms with E-state index in [2.05, 4.69) is 39.9 Å². The molecule has 2 amide bonds. The number of carbonyl (C=O) groups excluding carboxylic acids is 2. The zero-order valence-corrected chi connectivity index (χ0v) is 20.3. The van der Waals surface area contributed by atoms with Gasteiger partial charge in [0.25, 0.3) is 5.91 Å². The Hall–Kier alpha value is -3.68. The van der Waals surface area contributed by atoms with Crippen LogP contribution in [0.15, 0.2) is 83.2 Å². The molecule has 0 saturated heterocycles. The summed E-state index contributed by atoms with van der Waals surface area (Å²) in [5.74, 6) is 0.0768. The minimum atomic E-state index is -0.149. The van der Waals surface area contributed by atoms with Gasteiger partial charge in [-0.3, -0.25) is 9.59 Å². The number of rotatable bonds is 6. The van der Waals surface area contributed by atoms with E-state index in [1.807, 2.05) is 42.5 Å². The summed E-state index contributed by atoms with van der Waals surface area (Å²) in [5, 5.41) is 8.42. The molecule has 0 unspecified atom stereocenters. The van der Waals surface area contributed by atoms with E-state index < -0.39 is 0 Å². The Morgan fingerprint density at radius 2 is 1.71 bits per heavy atom. The molecule has 172 valence electrons. The topological polar surface area (TPSA) is 71.1 Å². The van der Waals surface area contributed by atoms with Crippen LogP contribution in [0.25, 0.3) is 21.0 Å². The van der Waals surface area contributed by atoms with Gasteiger partial charge in [-0.05, 0) is 65.8 Å². The first-order valence-corrected chi connectivity index (χ1v) is 13.2. The van der Waals surface area contributed by atoms with Crippen LogP contribution in [0.3, 0.4) is 0 Å². The van der Waals surface area contributed by atoms with E-state index in [-0.39, 0.29) is 17.6 Å². The third kappa shape index (κ3) is 4.40. The highest BCUT2D eigenvalue weighted by atomic mass is 32.2. The van der Waals surface area contributed by atoms with Crippen molar-refractivity contribution < 1.29 is 9.59 Å². The van der Waals surface area contributed by atoms with Gasteiger partial charge in [0.1, 0.15) is 0 Å². The van der Waals surface area contributed by atoms with Crippen molar-refractivity contribution in [1.29, 1.82) is 0 Å². The molecular weight excluding hydrogens is 474 g/mol. The highest BCUT2D eigenvalue weighted by molar-refractivity contribution is 8.01. The number of thioether (sulfide) groups is 1. The lowest BCUT2D eigenvalue weighted by atomic mass is 10.0. The maximum atomic E-state index is 12.7. The van der Waals surface area contributed by atoms with Gasteiger partial charge in [0.05, 0.1) is 16.0 Å². The van der Waals surface area contributed by atoms with Crippen LogP contribution in [0.2, 0.25) is 0 Å². The third-order valence-corrected chi connectivity index (χ3v) is 8.30. The molecule has 1 heterocycles. The van der Waals surface area contributed by atoms with E-state index in [0.29, 0.717) is 5.56 Å². The largest absolute Gasteiger partial charge is 0.325 e. The van der Waals surface area contributed by atoms with Crippen LogP contribution >= 0.6 is 23.1 Å². The molecule has 6 rings (SSSR count). The van der Waals surface area contributed by atoms with E-state index in [9.17, 15) is 9.59 Å². The average Bonchev–Trinajstić information content (AvgIpc) is 3.49. The van der Waals surface area contributed by atoms with Crippen molar-refractivity contribution >= 4 is 67.3 Å². The molecule has 4 aromatic carbocycles. The van der Waals surface area contributed by atoms with Crippen LogP contribution in [-0.4, -0.2) is 22.6 Å². The molecule has 1 aliphatic rings. The number of aryl methyl sites for hydroxylation is 2. The second-order valence-electron chi connectivity index (χ2n) is 8.43. The van der Waals surface area contributed by atoms with Crippen molar-refractivity contribution in [1.82, 2.24) is 4.98 Å². The number of nitrogens with one attached hydrogen (secondary N) is 2. The number of thiazole rings is 1. The maximum Gasteiger partial charge on any atom is 0.255 e. The molecular formula is C28H21N3O2S2. The fourth-order valence-electron chi connectivity index (χ4n) is 4.51. The monoisotopic (exact) mass is 495 g/mol. The van der Waals surface area contributed by atoms with Crippen molar-refractivity contribution in [2.45, 2.75) is 17.2 Å². The van der Waals surface area contributed by atoms with Gasteiger partial charge in [-0.1, -0.05) is 54.2 Å². The number of benzene rings is 4. The number of amides is 2. The summed E-state index contributed by atoms with van der Waals surface area (Å²) < 4.78 is 1.79. The molecule has 1 aliphatic carbocycles. The second-order valence-corrected chi connectivity index (χ2v) is 10.7. The van der Waals surface area contributed by atoms with Gasteiger partial charge in [0, 0.05) is 22.3 Å². The Labute approximate surface area is 210 Å². The molecule has 7 heteroatoms. The Morgan fingerprint density at radius 1 is 0.886 bits per heavy atom. The quantitative estimate of drug-likeness (QED) is 0.263. The maximum absolute atomic E-state index is 12.7. The van der Waals surface area contributed by atoms with Crippen LogP contribution in [-0.2, 0) is 17.6 Å². The molecule has 1 aromatic heterocycles. The van der Waals surface area contributed by atoms with Crippen molar-refractivity contribution in [3.8, 4) is 0 Å². The van der Waals surface area contributed by atoms with Crippen LogP contribution < -0.4 is 10.6 Å². The molecule has 0 saturated carbocycles. The van der Waals surface area contributed by atoms with E-state index in [4.69, 9.17) is 0 Å². The van der Waals surface area contributed by atoms with Gasteiger partial charge >= 0.3 is 0 Å². The third-order valence-electron chi connectivity index (χ3n) is 6.14. The second kappa shape index (κ2) is 9.17. The van der Waals surface area contributed by atoms with Crippen molar-refractivity contribution in [2.75, 3.05) is 16.4 Å². The fraction of sp³-hybridized carbons (Fsp3) is 0.107. The first kappa shape index (κ1) is 21.8. The highest BCUT2D eigenvalue weighted by Gasteiger charge is 2.17. The molecule has 0 radical (unpaired) electrons. The summed E-state index contributed by atoms with van der Waals surface area (Å²) in [6.45, 7) is 0. The molecule has 0 aliphatic heterocycles. The number of anilines is 2. The molecule has 5 aromatic rings. The van der Waals surface area contributed by atoms with Gasteiger partial charge < -0.3 is 10.6 Å². The molecule has 2 N–H and O–H groups in total. The van der Waals surface area contributed by atoms with Gasteiger partial charge in [-0.15, -0.1) is 11.3 Å². The Balaban J connectivity index is 1.12. The summed E-state index contributed by atoms with van der Waals surface area (Å²) in [5.41, 5.74) is 5.76. The Kier molecular flexibility index (Phi) is 5.72. The van der Waals surface area contributed by atoms with Crippen molar-refractivity contribution in [3.05, 3.63) is 95.6 Å². The summed E-state index contributed by atoms with van der Waals surface area (Å²) in [6.07, 6.45) is 2.13. The van der Waals surface area contributed by atoms with E-state index >= 15 is 0 Å². The number of fused-ring (bicyclic) bond motifs is 1. The van der Waals surface area contributed by atoms with Crippen LogP contribution in [0, 0.1) is 0 Å². The molecule has 0 spiro atoms. The number of hydrogen-bond acceptors (Lipinski definition) is 5. The number of aromatic nitrogens is 1. The zero-order chi connectivity index (χ0) is 23.8. The minimum absolute atomic E-state index is 0.0521. The first-order chi connectivity index (χ1) is 17.1. The number of hydrogen-bond donors (Lipinski definition) is 2. The number of nitrogens with zero attached hydrogens (tertiary/aromatic N) is 1. The molecule has 0 atom stereocenters. The van der Waals surface area contributed by atoms with Crippen LogP contribution in [0.1, 0.15) is 21.5 Å². The van der Waals surface area contributed by atoms with E-state index in [1.165, 1.54) is 39.6 Å². The molecule has 0 fully saturated rings. The summed E-state index contributed by atoms with van der Waals surface area (Å²) in [7, 11) is 0. The summed E-state index contributed by atoms with van der Waals surface area (Å²) in [4.78, 5) is 29.8. The number of carbonyl (C=O) groups is 2. The van der Waals surface area contributed by atoms with Crippen LogP contribution in [0.4, 0.5) is 11.4 Å². The highest BCUT2D eigenvalue weighted by Crippen LogP contribution is 2.35. The first-order valence-electron chi connectivity index (χ1n) is 11.4. The standard InChI is InChI=1S/C28H21N3O2S2/c32-25(30-22-13-11-18-10-9-17-7-4-8-21(22)26(17)18)16-34-28-31-23-14-12-20(15-24(23)35-28)29-27(33)19-5-2-1-3-6-19/h1-8,11-15H,9-10,16H2,(H,29,33)(H,30,32). The Morgan fingerprint density at radius 3 is 2.57 bits per heavy atom. The molecule has 5 nitrogen and oxygen atoms in total. The lowest BCUT2D eigenvalue weighted by Crippen LogP contribution is -2.14. The minimum Gasteiger partial charge on any atom is -0.325 e.